The minimum Gasteiger partial charge on any atom is -0.445 e. The van der Waals surface area contributed by atoms with Gasteiger partial charge in [-0.1, -0.05) is 36.4 Å². The van der Waals surface area contributed by atoms with Crippen molar-refractivity contribution in [2.75, 3.05) is 0 Å². The van der Waals surface area contributed by atoms with Crippen LogP contribution >= 0.6 is 0 Å². The second-order valence-electron chi connectivity index (χ2n) is 7.84. The second kappa shape index (κ2) is 8.31. The van der Waals surface area contributed by atoms with E-state index < -0.39 is 11.6 Å². The van der Waals surface area contributed by atoms with E-state index in [0.29, 0.717) is 12.8 Å². The maximum atomic E-state index is 13.9. The number of carbonyl (C=O) groups is 2. The van der Waals surface area contributed by atoms with Crippen LogP contribution in [0.2, 0.25) is 0 Å². The van der Waals surface area contributed by atoms with Crippen LogP contribution in [0.3, 0.4) is 0 Å². The maximum Gasteiger partial charge on any atom is 0.410 e. The molecule has 152 valence electrons. The van der Waals surface area contributed by atoms with E-state index in [0.717, 1.165) is 18.4 Å². The van der Waals surface area contributed by atoms with Gasteiger partial charge in [0.15, 0.2) is 0 Å². The molecule has 0 aromatic heterocycles. The highest BCUT2D eigenvalue weighted by Gasteiger charge is 2.45. The van der Waals surface area contributed by atoms with Crippen molar-refractivity contribution in [1.29, 1.82) is 0 Å². The molecule has 0 aliphatic carbocycles. The fraction of sp³-hybridized carbons (Fsp3) is 0.391. The average Bonchev–Trinajstić information content (AvgIpc) is 2.99. The van der Waals surface area contributed by atoms with Gasteiger partial charge in [-0.25, -0.2) is 13.6 Å². The Morgan fingerprint density at radius 2 is 1.55 bits per heavy atom. The van der Waals surface area contributed by atoms with Gasteiger partial charge in [-0.2, -0.15) is 0 Å². The van der Waals surface area contributed by atoms with Crippen molar-refractivity contribution in [3.05, 3.63) is 71.3 Å². The highest BCUT2D eigenvalue weighted by molar-refractivity contribution is 5.84. The Hall–Kier alpha value is -2.76. The molecule has 2 unspecified atom stereocenters. The third kappa shape index (κ3) is 4.16. The Morgan fingerprint density at radius 3 is 2.17 bits per heavy atom. The fourth-order valence-electron chi connectivity index (χ4n) is 4.55. The molecule has 2 aliphatic heterocycles. The topological polar surface area (TPSA) is 46.6 Å². The smallest absolute Gasteiger partial charge is 0.410 e. The normalized spacial score (nSPS) is 23.1. The molecule has 2 heterocycles. The molecule has 0 spiro atoms. The highest BCUT2D eigenvalue weighted by Crippen LogP contribution is 2.40. The molecule has 2 aliphatic rings. The van der Waals surface area contributed by atoms with E-state index in [9.17, 15) is 18.4 Å². The van der Waals surface area contributed by atoms with Crippen molar-refractivity contribution in [1.82, 2.24) is 4.90 Å². The summed E-state index contributed by atoms with van der Waals surface area (Å²) in [6.07, 6.45) is 2.08. The van der Waals surface area contributed by atoms with Gasteiger partial charge in [0.25, 0.3) is 0 Å². The highest BCUT2D eigenvalue weighted by atomic mass is 19.1. The molecular weight excluding hydrogens is 376 g/mol. The largest absolute Gasteiger partial charge is 0.445 e. The lowest BCUT2D eigenvalue weighted by atomic mass is 9.85. The third-order valence-corrected chi connectivity index (χ3v) is 6.02. The van der Waals surface area contributed by atoms with Crippen LogP contribution in [0.1, 0.15) is 36.8 Å². The Bertz CT molecular complexity index is 868. The van der Waals surface area contributed by atoms with E-state index in [4.69, 9.17) is 4.74 Å². The Kier molecular flexibility index (Phi) is 5.60. The zero-order chi connectivity index (χ0) is 20.4. The summed E-state index contributed by atoms with van der Waals surface area (Å²) in [5.74, 6) is -1.83. The number of Topliss-reactive ketones (excluding diaryl/α,β-unsaturated/α-hetero) is 1. The number of benzene rings is 2. The number of hydrogen-bond donors (Lipinski definition) is 0. The SMILES string of the molecule is O=C(Cc1c(F)cccc1F)C1CC2CCC(C1)N2C(=O)OCc1ccccc1. The molecule has 2 aromatic carbocycles. The molecule has 0 N–H and O–H groups in total. The van der Waals surface area contributed by atoms with Crippen molar-refractivity contribution in [3.8, 4) is 0 Å². The first kappa shape index (κ1) is 19.6. The number of hydrogen-bond acceptors (Lipinski definition) is 3. The lowest BCUT2D eigenvalue weighted by Gasteiger charge is -2.37. The minimum absolute atomic E-state index is 0.0589. The van der Waals surface area contributed by atoms with Gasteiger partial charge in [0.1, 0.15) is 24.0 Å². The molecule has 1 amide bonds. The molecule has 0 saturated carbocycles. The number of piperidine rings is 1. The number of fused-ring (bicyclic) bond motifs is 2. The number of carbonyl (C=O) groups excluding carboxylic acids is 2. The number of amides is 1. The average molecular weight is 399 g/mol. The van der Waals surface area contributed by atoms with Crippen LogP contribution < -0.4 is 0 Å². The molecule has 29 heavy (non-hydrogen) atoms. The van der Waals surface area contributed by atoms with Crippen molar-refractivity contribution in [3.63, 3.8) is 0 Å². The van der Waals surface area contributed by atoms with Gasteiger partial charge >= 0.3 is 6.09 Å². The number of nitrogens with zero attached hydrogens (tertiary/aromatic N) is 1. The fourth-order valence-corrected chi connectivity index (χ4v) is 4.55. The molecule has 4 rings (SSSR count). The van der Waals surface area contributed by atoms with Gasteiger partial charge in [-0.15, -0.1) is 0 Å². The first-order valence-corrected chi connectivity index (χ1v) is 9.97. The van der Waals surface area contributed by atoms with Crippen molar-refractivity contribution in [2.45, 2.75) is 50.8 Å². The first-order chi connectivity index (χ1) is 14.0. The molecule has 4 nitrogen and oxygen atoms in total. The molecule has 2 aromatic rings. The van der Waals surface area contributed by atoms with E-state index in [-0.39, 0.29) is 48.5 Å². The zero-order valence-corrected chi connectivity index (χ0v) is 16.0. The lowest BCUT2D eigenvalue weighted by Crippen LogP contribution is -2.48. The van der Waals surface area contributed by atoms with Crippen molar-refractivity contribution < 1.29 is 23.1 Å². The van der Waals surface area contributed by atoms with Gasteiger partial charge in [0, 0.05) is 30.0 Å². The summed E-state index contributed by atoms with van der Waals surface area (Å²) in [6.45, 7) is 0.213. The predicted octanol–water partition coefficient (Wildman–Crippen LogP) is 4.66. The molecule has 2 fully saturated rings. The summed E-state index contributed by atoms with van der Waals surface area (Å²) in [4.78, 5) is 27.1. The summed E-state index contributed by atoms with van der Waals surface area (Å²) in [5.41, 5.74) is 0.750. The Morgan fingerprint density at radius 1 is 0.931 bits per heavy atom. The number of rotatable bonds is 5. The quantitative estimate of drug-likeness (QED) is 0.735. The Balaban J connectivity index is 1.37. The van der Waals surface area contributed by atoms with Gasteiger partial charge in [0.2, 0.25) is 0 Å². The molecule has 0 radical (unpaired) electrons. The number of halogens is 2. The van der Waals surface area contributed by atoms with Crippen molar-refractivity contribution >= 4 is 11.9 Å². The van der Waals surface area contributed by atoms with Crippen LogP contribution in [0.4, 0.5) is 13.6 Å². The van der Waals surface area contributed by atoms with Gasteiger partial charge in [0.05, 0.1) is 0 Å². The summed E-state index contributed by atoms with van der Waals surface area (Å²) >= 11 is 0. The van der Waals surface area contributed by atoms with E-state index >= 15 is 0 Å². The first-order valence-electron chi connectivity index (χ1n) is 9.97. The van der Waals surface area contributed by atoms with E-state index in [1.165, 1.54) is 18.2 Å². The maximum absolute atomic E-state index is 13.9. The van der Waals surface area contributed by atoms with Crippen LogP contribution in [0.25, 0.3) is 0 Å². The van der Waals surface area contributed by atoms with E-state index in [1.807, 2.05) is 30.3 Å². The summed E-state index contributed by atoms with van der Waals surface area (Å²) in [7, 11) is 0. The summed E-state index contributed by atoms with van der Waals surface area (Å²) in [6, 6.07) is 13.0. The van der Waals surface area contributed by atoms with E-state index in [1.54, 1.807) is 4.90 Å². The van der Waals surface area contributed by atoms with Crippen molar-refractivity contribution in [2.24, 2.45) is 5.92 Å². The molecule has 2 bridgehead atoms. The zero-order valence-electron chi connectivity index (χ0n) is 16.0. The summed E-state index contributed by atoms with van der Waals surface area (Å²) in [5, 5.41) is 0. The summed E-state index contributed by atoms with van der Waals surface area (Å²) < 4.78 is 33.2. The Labute approximate surface area is 168 Å². The number of ether oxygens (including phenoxy) is 1. The van der Waals surface area contributed by atoms with Gasteiger partial charge in [-0.3, -0.25) is 4.79 Å². The second-order valence-corrected chi connectivity index (χ2v) is 7.84. The van der Waals surface area contributed by atoms with Crippen LogP contribution in [0.15, 0.2) is 48.5 Å². The van der Waals surface area contributed by atoms with Gasteiger partial charge in [-0.05, 0) is 43.4 Å². The van der Waals surface area contributed by atoms with E-state index in [2.05, 4.69) is 0 Å². The molecule has 2 saturated heterocycles. The molecular formula is C23H23F2NO3. The van der Waals surface area contributed by atoms with Crippen LogP contribution in [-0.4, -0.2) is 28.9 Å². The van der Waals surface area contributed by atoms with Crippen LogP contribution in [-0.2, 0) is 22.6 Å². The van der Waals surface area contributed by atoms with Gasteiger partial charge < -0.3 is 9.64 Å². The standard InChI is InChI=1S/C23H23F2NO3/c24-20-7-4-8-21(25)19(20)13-22(27)16-11-17-9-10-18(12-16)26(17)23(28)29-14-15-5-2-1-3-6-15/h1-8,16-18H,9-14H2. The molecule has 6 heteroatoms. The molecule has 2 atom stereocenters. The monoisotopic (exact) mass is 399 g/mol. The minimum atomic E-state index is -0.691. The predicted molar refractivity (Wildman–Crippen MR) is 103 cm³/mol. The number of ketones is 1. The van der Waals surface area contributed by atoms with Crippen LogP contribution in [0, 0.1) is 17.6 Å². The lowest BCUT2D eigenvalue weighted by molar-refractivity contribution is -0.124. The third-order valence-electron chi connectivity index (χ3n) is 6.02. The van der Waals surface area contributed by atoms with Crippen LogP contribution in [0.5, 0.6) is 0 Å².